The molecule has 0 unspecified atom stereocenters. The second kappa shape index (κ2) is 7.08. The minimum Gasteiger partial charge on any atom is -0.289 e. The van der Waals surface area contributed by atoms with Gasteiger partial charge in [-0.05, 0) is 23.6 Å². The largest absolute Gasteiger partial charge is 0.289 e. The van der Waals surface area contributed by atoms with Crippen LogP contribution in [0.5, 0.6) is 0 Å². The van der Waals surface area contributed by atoms with Gasteiger partial charge in [0.1, 0.15) is 5.65 Å². The Bertz CT molecular complexity index is 873. The topological polar surface area (TPSA) is 37.6 Å². The van der Waals surface area contributed by atoms with Crippen LogP contribution < -0.4 is 5.56 Å². The number of pyridine rings is 1. The predicted molar refractivity (Wildman–Crippen MR) is 95.1 cm³/mol. The normalized spacial score (nSPS) is 11.2. The van der Waals surface area contributed by atoms with Gasteiger partial charge in [0.25, 0.3) is 5.56 Å². The second-order valence-corrected chi connectivity index (χ2v) is 6.67. The van der Waals surface area contributed by atoms with E-state index in [0.29, 0.717) is 17.2 Å². The minimum absolute atomic E-state index is 0.123. The summed E-state index contributed by atoms with van der Waals surface area (Å²) in [5, 5.41) is 2.58. The van der Waals surface area contributed by atoms with Gasteiger partial charge in [0, 0.05) is 36.8 Å². The SMILES string of the molecule is C=CCN(Cc1cc(=O)n2cc(Cl)ccc2n1)Cc1cccs1. The predicted octanol–water partition coefficient (Wildman–Crippen LogP) is 3.60. The summed E-state index contributed by atoms with van der Waals surface area (Å²) in [5.41, 5.74) is 1.23. The van der Waals surface area contributed by atoms with Crippen LogP contribution in [0.1, 0.15) is 10.6 Å². The molecular formula is C17H16ClN3OS. The molecule has 4 nitrogen and oxygen atoms in total. The number of aromatic nitrogens is 2. The van der Waals surface area contributed by atoms with Gasteiger partial charge in [-0.25, -0.2) is 4.98 Å². The van der Waals surface area contributed by atoms with Crippen LogP contribution in [0.2, 0.25) is 5.02 Å². The fraction of sp³-hybridized carbons (Fsp3) is 0.176. The fourth-order valence-corrected chi connectivity index (χ4v) is 3.33. The molecule has 0 saturated carbocycles. The van der Waals surface area contributed by atoms with E-state index in [1.807, 2.05) is 12.1 Å². The van der Waals surface area contributed by atoms with Crippen molar-refractivity contribution in [1.29, 1.82) is 0 Å². The molecule has 0 saturated heterocycles. The van der Waals surface area contributed by atoms with Crippen molar-refractivity contribution in [3.63, 3.8) is 0 Å². The monoisotopic (exact) mass is 345 g/mol. The van der Waals surface area contributed by atoms with E-state index in [4.69, 9.17) is 11.6 Å². The van der Waals surface area contributed by atoms with Crippen molar-refractivity contribution in [3.05, 3.63) is 80.5 Å². The van der Waals surface area contributed by atoms with Crippen LogP contribution in [0.4, 0.5) is 0 Å². The molecule has 0 aliphatic heterocycles. The Morgan fingerprint density at radius 2 is 2.22 bits per heavy atom. The Balaban J connectivity index is 1.87. The summed E-state index contributed by atoms with van der Waals surface area (Å²) < 4.78 is 1.46. The van der Waals surface area contributed by atoms with Gasteiger partial charge in [-0.2, -0.15) is 0 Å². The molecule has 0 fully saturated rings. The van der Waals surface area contributed by atoms with Gasteiger partial charge in [0.2, 0.25) is 0 Å². The first-order chi connectivity index (χ1) is 11.2. The van der Waals surface area contributed by atoms with Gasteiger partial charge in [0.15, 0.2) is 0 Å². The molecule has 6 heteroatoms. The maximum Gasteiger partial charge on any atom is 0.258 e. The molecule has 0 N–H and O–H groups in total. The first kappa shape index (κ1) is 15.9. The number of hydrogen-bond acceptors (Lipinski definition) is 4. The molecular weight excluding hydrogens is 330 g/mol. The lowest BCUT2D eigenvalue weighted by Gasteiger charge is -2.19. The number of rotatable bonds is 6. The number of nitrogens with zero attached hydrogens (tertiary/aromatic N) is 3. The van der Waals surface area contributed by atoms with E-state index in [1.54, 1.807) is 35.7 Å². The molecule has 118 valence electrons. The summed E-state index contributed by atoms with van der Waals surface area (Å²) in [6, 6.07) is 9.19. The van der Waals surface area contributed by atoms with Crippen molar-refractivity contribution >= 4 is 28.6 Å². The fourth-order valence-electron chi connectivity index (χ4n) is 2.43. The van der Waals surface area contributed by atoms with Crippen LogP contribution in [-0.2, 0) is 13.1 Å². The lowest BCUT2D eigenvalue weighted by molar-refractivity contribution is 0.285. The first-order valence-corrected chi connectivity index (χ1v) is 8.45. The lowest BCUT2D eigenvalue weighted by Crippen LogP contribution is -2.25. The Labute approximate surface area is 143 Å². The Morgan fingerprint density at radius 1 is 1.35 bits per heavy atom. The molecule has 0 spiro atoms. The van der Waals surface area contributed by atoms with E-state index in [2.05, 4.69) is 27.9 Å². The number of halogens is 1. The van der Waals surface area contributed by atoms with E-state index < -0.39 is 0 Å². The summed E-state index contributed by atoms with van der Waals surface area (Å²) in [5.74, 6) is 0. The molecule has 0 amide bonds. The third-order valence-electron chi connectivity index (χ3n) is 3.41. The van der Waals surface area contributed by atoms with E-state index >= 15 is 0 Å². The van der Waals surface area contributed by atoms with Crippen molar-refractivity contribution in [2.45, 2.75) is 13.1 Å². The Morgan fingerprint density at radius 3 is 2.96 bits per heavy atom. The zero-order valence-electron chi connectivity index (χ0n) is 12.5. The first-order valence-electron chi connectivity index (χ1n) is 7.19. The van der Waals surface area contributed by atoms with Crippen molar-refractivity contribution in [2.24, 2.45) is 0 Å². The number of thiophene rings is 1. The smallest absolute Gasteiger partial charge is 0.258 e. The van der Waals surface area contributed by atoms with E-state index in [-0.39, 0.29) is 5.56 Å². The van der Waals surface area contributed by atoms with Crippen molar-refractivity contribution in [1.82, 2.24) is 14.3 Å². The lowest BCUT2D eigenvalue weighted by atomic mass is 10.3. The molecule has 3 aromatic heterocycles. The van der Waals surface area contributed by atoms with Crippen LogP contribution in [-0.4, -0.2) is 20.8 Å². The van der Waals surface area contributed by atoms with Gasteiger partial charge in [-0.3, -0.25) is 14.1 Å². The van der Waals surface area contributed by atoms with Crippen molar-refractivity contribution in [3.8, 4) is 0 Å². The maximum atomic E-state index is 12.2. The van der Waals surface area contributed by atoms with Gasteiger partial charge < -0.3 is 0 Å². The summed E-state index contributed by atoms with van der Waals surface area (Å²) in [6.45, 7) is 5.95. The van der Waals surface area contributed by atoms with Gasteiger partial charge >= 0.3 is 0 Å². The molecule has 0 aliphatic rings. The summed E-state index contributed by atoms with van der Waals surface area (Å²) in [7, 11) is 0. The molecule has 0 aromatic carbocycles. The van der Waals surface area contributed by atoms with Crippen LogP contribution >= 0.6 is 22.9 Å². The van der Waals surface area contributed by atoms with Crippen LogP contribution in [0.3, 0.4) is 0 Å². The Hall–Kier alpha value is -1.95. The average Bonchev–Trinajstić information content (AvgIpc) is 3.01. The summed E-state index contributed by atoms with van der Waals surface area (Å²) >= 11 is 7.65. The zero-order chi connectivity index (χ0) is 16.2. The van der Waals surface area contributed by atoms with E-state index in [1.165, 1.54) is 9.28 Å². The van der Waals surface area contributed by atoms with Crippen LogP contribution in [0, 0.1) is 0 Å². The minimum atomic E-state index is -0.123. The number of hydrogen-bond donors (Lipinski definition) is 0. The Kier molecular flexibility index (Phi) is 4.91. The van der Waals surface area contributed by atoms with Crippen LogP contribution in [0.15, 0.2) is 59.4 Å². The van der Waals surface area contributed by atoms with Crippen molar-refractivity contribution < 1.29 is 0 Å². The summed E-state index contributed by atoms with van der Waals surface area (Å²) in [4.78, 5) is 20.3. The molecule has 3 rings (SSSR count). The zero-order valence-corrected chi connectivity index (χ0v) is 14.1. The maximum absolute atomic E-state index is 12.2. The van der Waals surface area contributed by atoms with Gasteiger partial charge in [0.05, 0.1) is 10.7 Å². The average molecular weight is 346 g/mol. The standard InChI is InChI=1S/C17H16ClN3OS/c1-2-7-20(12-15-4-3-8-23-15)11-14-9-17(22)21-10-13(18)5-6-16(21)19-14/h2-6,8-10H,1,7,11-12H2. The molecule has 3 heterocycles. The highest BCUT2D eigenvalue weighted by molar-refractivity contribution is 7.09. The molecule has 3 aromatic rings. The highest BCUT2D eigenvalue weighted by Crippen LogP contribution is 2.14. The number of fused-ring (bicyclic) bond motifs is 1. The third-order valence-corrected chi connectivity index (χ3v) is 4.49. The van der Waals surface area contributed by atoms with Crippen molar-refractivity contribution in [2.75, 3.05) is 6.54 Å². The highest BCUT2D eigenvalue weighted by Gasteiger charge is 2.09. The van der Waals surface area contributed by atoms with E-state index in [0.717, 1.165) is 18.8 Å². The van der Waals surface area contributed by atoms with E-state index in [9.17, 15) is 4.79 Å². The molecule has 0 radical (unpaired) electrons. The molecule has 0 bridgehead atoms. The van der Waals surface area contributed by atoms with Gasteiger partial charge in [-0.15, -0.1) is 17.9 Å². The molecule has 23 heavy (non-hydrogen) atoms. The quantitative estimate of drug-likeness (QED) is 0.641. The molecule has 0 atom stereocenters. The third kappa shape index (κ3) is 3.88. The highest BCUT2D eigenvalue weighted by atomic mass is 35.5. The molecule has 0 aliphatic carbocycles. The summed E-state index contributed by atoms with van der Waals surface area (Å²) in [6.07, 6.45) is 3.45. The second-order valence-electron chi connectivity index (χ2n) is 5.20. The van der Waals surface area contributed by atoms with Gasteiger partial charge in [-0.1, -0.05) is 23.7 Å². The van der Waals surface area contributed by atoms with Crippen LogP contribution in [0.25, 0.3) is 5.65 Å².